The number of nitrogens with zero attached hydrogens (tertiary/aromatic N) is 2. The van der Waals surface area contributed by atoms with E-state index in [1.54, 1.807) is 49.4 Å². The molecule has 7 nitrogen and oxygen atoms in total. The zero-order valence-corrected chi connectivity index (χ0v) is 21.4. The van der Waals surface area contributed by atoms with Crippen molar-refractivity contribution in [2.24, 2.45) is 0 Å². The van der Waals surface area contributed by atoms with Gasteiger partial charge in [0.15, 0.2) is 0 Å². The second-order valence-electron chi connectivity index (χ2n) is 7.86. The van der Waals surface area contributed by atoms with Crippen molar-refractivity contribution in [2.75, 3.05) is 17.1 Å². The van der Waals surface area contributed by atoms with Crippen LogP contribution in [-0.2, 0) is 26.2 Å². The molecule has 0 heterocycles. The summed E-state index contributed by atoms with van der Waals surface area (Å²) < 4.78 is 26.0. The highest BCUT2D eigenvalue weighted by Crippen LogP contribution is 2.27. The number of benzene rings is 2. The third-order valence-electron chi connectivity index (χ3n) is 5.23. The van der Waals surface area contributed by atoms with Crippen LogP contribution in [0.2, 0.25) is 10.0 Å². The topological polar surface area (TPSA) is 86.8 Å². The Morgan fingerprint density at radius 1 is 1.03 bits per heavy atom. The quantitative estimate of drug-likeness (QED) is 0.518. The summed E-state index contributed by atoms with van der Waals surface area (Å²) in [4.78, 5) is 27.6. The molecule has 0 unspecified atom stereocenters. The highest BCUT2D eigenvalue weighted by molar-refractivity contribution is 7.92. The van der Waals surface area contributed by atoms with Crippen LogP contribution in [0, 0.1) is 0 Å². The fourth-order valence-corrected chi connectivity index (χ4v) is 4.36. The highest BCUT2D eigenvalue weighted by atomic mass is 35.5. The molecule has 0 spiro atoms. The molecule has 0 fully saturated rings. The number of nitrogens with one attached hydrogen (secondary N) is 1. The van der Waals surface area contributed by atoms with Crippen LogP contribution in [0.4, 0.5) is 5.69 Å². The maximum absolute atomic E-state index is 13.4. The Hall–Kier alpha value is -2.29. The van der Waals surface area contributed by atoms with Crippen molar-refractivity contribution in [1.82, 2.24) is 10.2 Å². The van der Waals surface area contributed by atoms with Gasteiger partial charge in [-0.2, -0.15) is 0 Å². The van der Waals surface area contributed by atoms with Crippen LogP contribution in [0.15, 0.2) is 48.5 Å². The largest absolute Gasteiger partial charge is 0.352 e. The van der Waals surface area contributed by atoms with Gasteiger partial charge in [0.1, 0.15) is 12.6 Å². The minimum Gasteiger partial charge on any atom is -0.352 e. The number of hydrogen-bond acceptors (Lipinski definition) is 4. The molecule has 0 saturated heterocycles. The third-order valence-corrected chi connectivity index (χ3v) is 6.93. The van der Waals surface area contributed by atoms with Crippen LogP contribution >= 0.6 is 23.2 Å². The van der Waals surface area contributed by atoms with Crippen molar-refractivity contribution in [3.8, 4) is 0 Å². The molecule has 0 saturated carbocycles. The molecular formula is C23H29Cl2N3O4S. The SMILES string of the molecule is CC[C@@H](C)NC(=O)[C@H](C)N(Cc1ccc(Cl)cc1)C(=O)CN(c1ccccc1Cl)S(C)(=O)=O. The van der Waals surface area contributed by atoms with Gasteiger partial charge in [0.05, 0.1) is 17.0 Å². The Morgan fingerprint density at radius 2 is 1.64 bits per heavy atom. The summed E-state index contributed by atoms with van der Waals surface area (Å²) in [5.41, 5.74) is 0.942. The average molecular weight is 514 g/mol. The fraction of sp³-hybridized carbons (Fsp3) is 0.391. The lowest BCUT2D eigenvalue weighted by Crippen LogP contribution is -2.52. The Balaban J connectivity index is 2.39. The van der Waals surface area contributed by atoms with Crippen LogP contribution < -0.4 is 9.62 Å². The van der Waals surface area contributed by atoms with Gasteiger partial charge in [0, 0.05) is 17.6 Å². The second-order valence-corrected chi connectivity index (χ2v) is 10.6. The second kappa shape index (κ2) is 11.7. The lowest BCUT2D eigenvalue weighted by atomic mass is 10.1. The van der Waals surface area contributed by atoms with Crippen molar-refractivity contribution in [2.45, 2.75) is 45.8 Å². The monoisotopic (exact) mass is 513 g/mol. The zero-order valence-electron chi connectivity index (χ0n) is 19.1. The first-order valence-corrected chi connectivity index (χ1v) is 13.1. The first-order chi connectivity index (χ1) is 15.4. The smallest absolute Gasteiger partial charge is 0.244 e. The molecule has 2 rings (SSSR count). The van der Waals surface area contributed by atoms with Crippen molar-refractivity contribution >= 4 is 50.7 Å². The van der Waals surface area contributed by atoms with Crippen molar-refractivity contribution < 1.29 is 18.0 Å². The summed E-state index contributed by atoms with van der Waals surface area (Å²) in [6.45, 7) is 5.03. The van der Waals surface area contributed by atoms with Crippen LogP contribution in [-0.4, -0.2) is 50.0 Å². The average Bonchev–Trinajstić information content (AvgIpc) is 2.76. The van der Waals surface area contributed by atoms with Crippen LogP contribution in [0.1, 0.15) is 32.8 Å². The summed E-state index contributed by atoms with van der Waals surface area (Å²) >= 11 is 12.2. The number of anilines is 1. The zero-order chi connectivity index (χ0) is 24.8. The molecule has 0 aliphatic carbocycles. The number of hydrogen-bond donors (Lipinski definition) is 1. The minimum absolute atomic E-state index is 0.0666. The molecule has 0 aromatic heterocycles. The van der Waals surface area contributed by atoms with Crippen LogP contribution in [0.5, 0.6) is 0 Å². The molecule has 0 radical (unpaired) electrons. The van der Waals surface area contributed by atoms with Gasteiger partial charge in [-0.3, -0.25) is 13.9 Å². The van der Waals surface area contributed by atoms with Crippen LogP contribution in [0.3, 0.4) is 0 Å². The van der Waals surface area contributed by atoms with Crippen molar-refractivity contribution in [3.05, 3.63) is 64.1 Å². The molecule has 2 amide bonds. The van der Waals surface area contributed by atoms with Gasteiger partial charge in [-0.25, -0.2) is 8.42 Å². The molecule has 33 heavy (non-hydrogen) atoms. The molecular weight excluding hydrogens is 485 g/mol. The van der Waals surface area contributed by atoms with Gasteiger partial charge in [0.2, 0.25) is 21.8 Å². The Kier molecular flexibility index (Phi) is 9.57. The molecule has 10 heteroatoms. The van der Waals surface area contributed by atoms with E-state index < -0.39 is 28.5 Å². The highest BCUT2D eigenvalue weighted by Gasteiger charge is 2.31. The van der Waals surface area contributed by atoms with E-state index in [4.69, 9.17) is 23.2 Å². The number of carbonyl (C=O) groups excluding carboxylic acids is 2. The molecule has 1 N–H and O–H groups in total. The van der Waals surface area contributed by atoms with Gasteiger partial charge in [-0.15, -0.1) is 0 Å². The molecule has 2 aromatic rings. The van der Waals surface area contributed by atoms with E-state index in [-0.39, 0.29) is 29.2 Å². The number of rotatable bonds is 10. The molecule has 0 aliphatic rings. The summed E-state index contributed by atoms with van der Waals surface area (Å²) in [5, 5.41) is 3.62. The van der Waals surface area contributed by atoms with E-state index in [2.05, 4.69) is 5.32 Å². The number of halogens is 2. The van der Waals surface area contributed by atoms with Crippen molar-refractivity contribution in [3.63, 3.8) is 0 Å². The normalized spacial score (nSPS) is 13.2. The Labute approximate surface area is 205 Å². The van der Waals surface area contributed by atoms with Crippen molar-refractivity contribution in [1.29, 1.82) is 0 Å². The summed E-state index contributed by atoms with van der Waals surface area (Å²) in [6.07, 6.45) is 1.74. The van der Waals surface area contributed by atoms with E-state index in [1.807, 2.05) is 13.8 Å². The summed E-state index contributed by atoms with van der Waals surface area (Å²) in [5.74, 6) is -0.864. The fourth-order valence-electron chi connectivity index (χ4n) is 3.08. The maximum Gasteiger partial charge on any atom is 0.244 e. The lowest BCUT2D eigenvalue weighted by Gasteiger charge is -2.32. The van der Waals surface area contributed by atoms with Gasteiger partial charge in [-0.05, 0) is 50.1 Å². The Bertz CT molecular complexity index is 1080. The standard InChI is InChI=1S/C23H29Cl2N3O4S/c1-5-16(2)26-23(30)17(3)27(14-18-10-12-19(24)13-11-18)22(29)15-28(33(4,31)32)21-9-7-6-8-20(21)25/h6-13,16-17H,5,14-15H2,1-4H3,(H,26,30)/t16-,17+/m1/s1. The molecule has 0 aliphatic heterocycles. The number of carbonyl (C=O) groups is 2. The van der Waals surface area contributed by atoms with E-state index in [0.29, 0.717) is 5.02 Å². The van der Waals surface area contributed by atoms with Gasteiger partial charge < -0.3 is 10.2 Å². The molecule has 2 aromatic carbocycles. The number of amides is 2. The van der Waals surface area contributed by atoms with Gasteiger partial charge in [0.25, 0.3) is 0 Å². The Morgan fingerprint density at radius 3 is 2.18 bits per heavy atom. The number of para-hydroxylation sites is 1. The van der Waals surface area contributed by atoms with Gasteiger partial charge in [-0.1, -0.05) is 54.4 Å². The van der Waals surface area contributed by atoms with E-state index in [1.165, 1.54) is 11.0 Å². The predicted octanol–water partition coefficient (Wildman–Crippen LogP) is 4.09. The predicted molar refractivity (Wildman–Crippen MR) is 133 cm³/mol. The maximum atomic E-state index is 13.4. The lowest BCUT2D eigenvalue weighted by molar-refractivity contribution is -0.139. The van der Waals surface area contributed by atoms with E-state index in [0.717, 1.165) is 22.5 Å². The van der Waals surface area contributed by atoms with Crippen LogP contribution in [0.25, 0.3) is 0 Å². The first kappa shape index (κ1) is 27.0. The molecule has 0 bridgehead atoms. The first-order valence-electron chi connectivity index (χ1n) is 10.5. The summed E-state index contributed by atoms with van der Waals surface area (Å²) in [6, 6.07) is 12.4. The van der Waals surface area contributed by atoms with E-state index >= 15 is 0 Å². The molecule has 2 atom stereocenters. The molecule has 180 valence electrons. The number of sulfonamides is 1. The van der Waals surface area contributed by atoms with Gasteiger partial charge >= 0.3 is 0 Å². The third kappa shape index (κ3) is 7.62. The minimum atomic E-state index is -3.83. The van der Waals surface area contributed by atoms with E-state index in [9.17, 15) is 18.0 Å². The summed E-state index contributed by atoms with van der Waals surface area (Å²) in [7, 11) is -3.83.